The molecule has 2 N–H and O–H groups in total. The maximum absolute atomic E-state index is 11.5. The number of carbonyl (C=O) groups excluding carboxylic acids is 2. The molecule has 0 aliphatic heterocycles. The van der Waals surface area contributed by atoms with Crippen LogP contribution in [0, 0.1) is 0 Å². The molecule has 0 unspecified atom stereocenters. The van der Waals surface area contributed by atoms with E-state index >= 15 is 0 Å². The van der Waals surface area contributed by atoms with E-state index in [2.05, 4.69) is 10.6 Å². The molecule has 110 valence electrons. The molecule has 1 aromatic rings. The summed E-state index contributed by atoms with van der Waals surface area (Å²) in [5, 5.41) is 4.83. The van der Waals surface area contributed by atoms with Crippen molar-refractivity contribution in [1.82, 2.24) is 10.6 Å². The van der Waals surface area contributed by atoms with Gasteiger partial charge >= 0.3 is 6.03 Å². The van der Waals surface area contributed by atoms with Crippen molar-refractivity contribution in [3.05, 3.63) is 24.3 Å². The van der Waals surface area contributed by atoms with E-state index in [9.17, 15) is 9.59 Å². The number of hydrogen-bond donors (Lipinski definition) is 2. The molecule has 1 atom stereocenters. The smallest absolute Gasteiger partial charge is 0.321 e. The van der Waals surface area contributed by atoms with Crippen molar-refractivity contribution in [2.45, 2.75) is 26.3 Å². The largest absolute Gasteiger partial charge is 0.497 e. The topological polar surface area (TPSA) is 76.7 Å². The predicted octanol–water partition coefficient (Wildman–Crippen LogP) is 1.70. The van der Waals surface area contributed by atoms with Crippen LogP contribution in [0.4, 0.5) is 4.79 Å². The van der Waals surface area contributed by atoms with E-state index in [4.69, 9.17) is 9.47 Å². The van der Waals surface area contributed by atoms with Gasteiger partial charge in [0.15, 0.2) is 6.61 Å². The molecular weight excluding hydrogens is 260 g/mol. The van der Waals surface area contributed by atoms with Crippen molar-refractivity contribution >= 4 is 11.9 Å². The van der Waals surface area contributed by atoms with Crippen molar-refractivity contribution in [2.24, 2.45) is 0 Å². The molecule has 1 rings (SSSR count). The van der Waals surface area contributed by atoms with Crippen LogP contribution in [-0.2, 0) is 4.79 Å². The molecular formula is C14H20N2O4. The van der Waals surface area contributed by atoms with Gasteiger partial charge in [-0.25, -0.2) is 4.79 Å². The molecule has 6 heteroatoms. The lowest BCUT2D eigenvalue weighted by atomic mass is 10.3. The van der Waals surface area contributed by atoms with Crippen LogP contribution in [0.15, 0.2) is 24.3 Å². The number of urea groups is 1. The Labute approximate surface area is 118 Å². The quantitative estimate of drug-likeness (QED) is 0.831. The highest BCUT2D eigenvalue weighted by Gasteiger charge is 2.10. The van der Waals surface area contributed by atoms with Gasteiger partial charge in [0.2, 0.25) is 0 Å². The van der Waals surface area contributed by atoms with Crippen molar-refractivity contribution in [3.63, 3.8) is 0 Å². The molecule has 6 nitrogen and oxygen atoms in total. The molecule has 0 spiro atoms. The first-order chi connectivity index (χ1) is 9.55. The third-order valence-electron chi connectivity index (χ3n) is 2.67. The zero-order valence-corrected chi connectivity index (χ0v) is 11.9. The number of hydrogen-bond acceptors (Lipinski definition) is 4. The molecule has 0 saturated heterocycles. The summed E-state index contributed by atoms with van der Waals surface area (Å²) in [6, 6.07) is 6.33. The Hall–Kier alpha value is -2.24. The van der Waals surface area contributed by atoms with Gasteiger partial charge in [-0.05, 0) is 37.6 Å². The normalized spacial score (nSPS) is 11.3. The van der Waals surface area contributed by atoms with E-state index in [-0.39, 0.29) is 12.6 Å². The number of rotatable bonds is 6. The van der Waals surface area contributed by atoms with Crippen molar-refractivity contribution in [1.29, 1.82) is 0 Å². The zero-order valence-electron chi connectivity index (χ0n) is 11.9. The second-order valence-electron chi connectivity index (χ2n) is 4.30. The monoisotopic (exact) mass is 280 g/mol. The molecule has 1 aromatic carbocycles. The van der Waals surface area contributed by atoms with Crippen molar-refractivity contribution < 1.29 is 19.1 Å². The molecule has 20 heavy (non-hydrogen) atoms. The fourth-order valence-electron chi connectivity index (χ4n) is 1.35. The van der Waals surface area contributed by atoms with E-state index in [1.807, 2.05) is 13.8 Å². The molecule has 3 amide bonds. The van der Waals surface area contributed by atoms with Gasteiger partial charge in [-0.2, -0.15) is 0 Å². The second-order valence-corrected chi connectivity index (χ2v) is 4.30. The molecule has 0 bridgehead atoms. The van der Waals surface area contributed by atoms with Gasteiger partial charge in [0.1, 0.15) is 11.5 Å². The van der Waals surface area contributed by atoms with E-state index in [1.165, 1.54) is 0 Å². The number of benzene rings is 1. The first-order valence-corrected chi connectivity index (χ1v) is 6.42. The van der Waals surface area contributed by atoms with Crippen LogP contribution in [0.1, 0.15) is 20.3 Å². The fourth-order valence-corrected chi connectivity index (χ4v) is 1.35. The van der Waals surface area contributed by atoms with Gasteiger partial charge < -0.3 is 14.8 Å². The molecule has 0 aliphatic rings. The highest BCUT2D eigenvalue weighted by atomic mass is 16.5. The Kier molecular flexibility index (Phi) is 6.36. The maximum Gasteiger partial charge on any atom is 0.321 e. The number of amides is 3. The third-order valence-corrected chi connectivity index (χ3v) is 2.67. The lowest BCUT2D eigenvalue weighted by molar-refractivity contribution is -0.122. The van der Waals surface area contributed by atoms with Crippen LogP contribution in [0.2, 0.25) is 0 Å². The molecule has 0 radical (unpaired) electrons. The highest BCUT2D eigenvalue weighted by Crippen LogP contribution is 2.16. The van der Waals surface area contributed by atoms with E-state index < -0.39 is 11.9 Å². The minimum Gasteiger partial charge on any atom is -0.497 e. The minimum absolute atomic E-state index is 0.0188. The molecule has 0 fully saturated rings. The van der Waals surface area contributed by atoms with E-state index in [1.54, 1.807) is 31.4 Å². The summed E-state index contributed by atoms with van der Waals surface area (Å²) in [4.78, 5) is 22.9. The number of imide groups is 1. The zero-order chi connectivity index (χ0) is 15.0. The summed E-state index contributed by atoms with van der Waals surface area (Å²) in [5.41, 5.74) is 0. The highest BCUT2D eigenvalue weighted by molar-refractivity contribution is 5.95. The summed E-state index contributed by atoms with van der Waals surface area (Å²) in [6.45, 7) is 3.58. The predicted molar refractivity (Wildman–Crippen MR) is 74.9 cm³/mol. The lowest BCUT2D eigenvalue weighted by Gasteiger charge is -2.12. The van der Waals surface area contributed by atoms with Gasteiger partial charge in [-0.1, -0.05) is 6.92 Å². The van der Waals surface area contributed by atoms with Crippen molar-refractivity contribution in [3.8, 4) is 11.5 Å². The van der Waals surface area contributed by atoms with Gasteiger partial charge in [0.05, 0.1) is 7.11 Å². The maximum atomic E-state index is 11.5. The van der Waals surface area contributed by atoms with Crippen LogP contribution in [0.5, 0.6) is 11.5 Å². The van der Waals surface area contributed by atoms with E-state index in [0.29, 0.717) is 11.5 Å². The Morgan fingerprint density at radius 1 is 1.20 bits per heavy atom. The summed E-state index contributed by atoms with van der Waals surface area (Å²) >= 11 is 0. The van der Waals surface area contributed by atoms with Gasteiger partial charge in [-0.3, -0.25) is 10.1 Å². The number of carbonyl (C=O) groups is 2. The average molecular weight is 280 g/mol. The fraction of sp³-hybridized carbons (Fsp3) is 0.429. The van der Waals surface area contributed by atoms with E-state index in [0.717, 1.165) is 6.42 Å². The van der Waals surface area contributed by atoms with Gasteiger partial charge in [0, 0.05) is 6.04 Å². The van der Waals surface area contributed by atoms with Crippen LogP contribution in [-0.4, -0.2) is 31.7 Å². The molecule has 0 saturated carbocycles. The average Bonchev–Trinajstić information content (AvgIpc) is 2.45. The second kappa shape index (κ2) is 8.04. The first-order valence-electron chi connectivity index (χ1n) is 6.42. The molecule has 0 aromatic heterocycles. The van der Waals surface area contributed by atoms with Gasteiger partial charge in [-0.15, -0.1) is 0 Å². The van der Waals surface area contributed by atoms with Crippen molar-refractivity contribution in [2.75, 3.05) is 13.7 Å². The lowest BCUT2D eigenvalue weighted by Crippen LogP contribution is -2.44. The molecule has 0 heterocycles. The first kappa shape index (κ1) is 15.8. The van der Waals surface area contributed by atoms with Crippen LogP contribution >= 0.6 is 0 Å². The summed E-state index contributed by atoms with van der Waals surface area (Å²) in [7, 11) is 1.57. The van der Waals surface area contributed by atoms with Gasteiger partial charge in [0.25, 0.3) is 5.91 Å². The number of ether oxygens (including phenoxy) is 2. The number of nitrogens with one attached hydrogen (secondary N) is 2. The summed E-state index contributed by atoms with van der Waals surface area (Å²) in [5.74, 6) is 0.736. The third kappa shape index (κ3) is 5.60. The Morgan fingerprint density at radius 3 is 2.35 bits per heavy atom. The van der Waals surface area contributed by atoms with Crippen LogP contribution in [0.3, 0.4) is 0 Å². The SMILES string of the molecule is CC[C@H](C)NC(=O)NC(=O)COc1ccc(OC)cc1. The number of methoxy groups -OCH3 is 1. The summed E-state index contributed by atoms with van der Waals surface area (Å²) in [6.07, 6.45) is 0.796. The Morgan fingerprint density at radius 2 is 1.80 bits per heavy atom. The standard InChI is InChI=1S/C14H20N2O4/c1-4-10(2)15-14(18)16-13(17)9-20-12-7-5-11(19-3)6-8-12/h5-8,10H,4,9H2,1-3H3,(H2,15,16,17,18)/t10-/m0/s1. The summed E-state index contributed by atoms with van der Waals surface area (Å²) < 4.78 is 10.3. The minimum atomic E-state index is -0.511. The van der Waals surface area contributed by atoms with Crippen LogP contribution in [0.25, 0.3) is 0 Å². The molecule has 0 aliphatic carbocycles. The Balaban J connectivity index is 2.33. The Bertz CT molecular complexity index is 445. The van der Waals surface area contributed by atoms with Crippen LogP contribution < -0.4 is 20.1 Å².